The zero-order valence-corrected chi connectivity index (χ0v) is 36.6. The fourth-order valence-electron chi connectivity index (χ4n) is 5.97. The molecule has 0 bridgehead atoms. The number of ether oxygens (including phenoxy) is 2. The highest BCUT2D eigenvalue weighted by atomic mass is 31.2. The fraction of sp³-hybridized carbons (Fsp3) is 0.864. The van der Waals surface area contributed by atoms with Crippen LogP contribution in [0.2, 0.25) is 0 Å². The number of carbonyl (C=O) groups excluding carboxylic acids is 2. The lowest BCUT2D eigenvalue weighted by atomic mass is 10.0. The first-order valence-electron chi connectivity index (χ1n) is 22.1. The second-order valence-corrected chi connectivity index (χ2v) is 17.5. The molecule has 0 spiro atoms. The Labute approximate surface area is 332 Å². The Hall–Kier alpha value is -1.51. The average molecular weight is 787 g/mol. The van der Waals surface area contributed by atoms with Gasteiger partial charge >= 0.3 is 19.8 Å². The summed E-state index contributed by atoms with van der Waals surface area (Å²) in [6.07, 6.45) is 39.3. The molecule has 1 N–H and O–H groups in total. The van der Waals surface area contributed by atoms with Gasteiger partial charge in [0.15, 0.2) is 6.10 Å². The lowest BCUT2D eigenvalue weighted by molar-refractivity contribution is -0.870. The molecule has 0 aliphatic rings. The quantitative estimate of drug-likeness (QED) is 0.0215. The number of unbranched alkanes of at least 4 members (excludes halogenated alkanes) is 22. The first kappa shape index (κ1) is 52.5. The monoisotopic (exact) mass is 787 g/mol. The van der Waals surface area contributed by atoms with Gasteiger partial charge in [-0.25, -0.2) is 4.57 Å². The van der Waals surface area contributed by atoms with Gasteiger partial charge in [-0.05, 0) is 38.5 Å². The van der Waals surface area contributed by atoms with Crippen LogP contribution in [0.1, 0.15) is 194 Å². The molecule has 0 heterocycles. The standard InChI is InChI=1S/C44H84NO8P/c1-6-8-10-12-14-16-18-20-22-23-25-26-28-30-32-34-36-43(46)50-40-42(41-52-54(48,49)51-39-38-45(3,4)5)53-44(47)37-35-33-31-29-27-24-21-19-17-15-13-11-9-7-2/h13,15,19,21,42H,6-12,14,16-18,20,22-41H2,1-5H3/p+1/b15-13+,21-19+/t42-/m1/s1. The Morgan fingerprint density at radius 1 is 0.574 bits per heavy atom. The Kier molecular flexibility index (Phi) is 36.1. The maximum atomic E-state index is 12.7. The van der Waals surface area contributed by atoms with Crippen molar-refractivity contribution in [3.8, 4) is 0 Å². The van der Waals surface area contributed by atoms with Gasteiger partial charge in [-0.15, -0.1) is 0 Å². The molecule has 0 amide bonds. The number of carbonyl (C=O) groups is 2. The summed E-state index contributed by atoms with van der Waals surface area (Å²) in [5.74, 6) is -0.808. The molecule has 54 heavy (non-hydrogen) atoms. The van der Waals surface area contributed by atoms with Crippen molar-refractivity contribution in [3.05, 3.63) is 24.3 Å². The van der Waals surface area contributed by atoms with Crippen LogP contribution < -0.4 is 0 Å². The predicted octanol–water partition coefficient (Wildman–Crippen LogP) is 12.4. The van der Waals surface area contributed by atoms with Crippen molar-refractivity contribution in [2.24, 2.45) is 0 Å². The number of likely N-dealkylation sites (N-methyl/N-ethyl adjacent to an activating group) is 1. The third-order valence-electron chi connectivity index (χ3n) is 9.48. The van der Waals surface area contributed by atoms with Crippen molar-refractivity contribution in [1.29, 1.82) is 0 Å². The summed E-state index contributed by atoms with van der Waals surface area (Å²) >= 11 is 0. The van der Waals surface area contributed by atoms with E-state index in [4.69, 9.17) is 18.5 Å². The lowest BCUT2D eigenvalue weighted by Gasteiger charge is -2.24. The minimum atomic E-state index is -4.37. The zero-order valence-electron chi connectivity index (χ0n) is 35.7. The molecule has 0 aliphatic heterocycles. The maximum Gasteiger partial charge on any atom is 0.472 e. The molecule has 0 aromatic carbocycles. The summed E-state index contributed by atoms with van der Waals surface area (Å²) in [5.41, 5.74) is 0. The molecule has 9 nitrogen and oxygen atoms in total. The highest BCUT2D eigenvalue weighted by Gasteiger charge is 2.27. The number of allylic oxidation sites excluding steroid dienone is 4. The summed E-state index contributed by atoms with van der Waals surface area (Å²) in [4.78, 5) is 35.3. The number of nitrogens with zero attached hydrogens (tertiary/aromatic N) is 1. The zero-order chi connectivity index (χ0) is 40.0. The van der Waals surface area contributed by atoms with Gasteiger partial charge in [0.25, 0.3) is 0 Å². The third-order valence-corrected chi connectivity index (χ3v) is 10.5. The van der Waals surface area contributed by atoms with Crippen molar-refractivity contribution < 1.29 is 42.1 Å². The molecular weight excluding hydrogens is 701 g/mol. The number of quaternary nitrogens is 1. The summed E-state index contributed by atoms with van der Waals surface area (Å²) in [6, 6.07) is 0. The van der Waals surface area contributed by atoms with Crippen LogP contribution in [-0.4, -0.2) is 74.9 Å². The van der Waals surface area contributed by atoms with E-state index >= 15 is 0 Å². The topological polar surface area (TPSA) is 108 Å². The normalized spacial score (nSPS) is 13.8. The molecule has 1 unspecified atom stereocenters. The van der Waals surface area contributed by atoms with Gasteiger partial charge in [-0.3, -0.25) is 18.6 Å². The number of hydrogen-bond donors (Lipinski definition) is 1. The van der Waals surface area contributed by atoms with E-state index in [0.29, 0.717) is 23.9 Å². The van der Waals surface area contributed by atoms with E-state index in [1.165, 1.54) is 96.3 Å². The number of phosphoric acid groups is 1. The van der Waals surface area contributed by atoms with Crippen LogP contribution in [-0.2, 0) is 32.7 Å². The molecule has 0 saturated carbocycles. The second kappa shape index (κ2) is 37.1. The lowest BCUT2D eigenvalue weighted by Crippen LogP contribution is -2.37. The Morgan fingerprint density at radius 2 is 1.02 bits per heavy atom. The molecule has 0 fully saturated rings. The van der Waals surface area contributed by atoms with Crippen LogP contribution in [0.5, 0.6) is 0 Å². The fourth-order valence-corrected chi connectivity index (χ4v) is 6.71. The molecule has 0 rings (SSSR count). The van der Waals surface area contributed by atoms with E-state index in [1.54, 1.807) is 0 Å². The summed E-state index contributed by atoms with van der Waals surface area (Å²) < 4.78 is 34.3. The Morgan fingerprint density at radius 3 is 1.52 bits per heavy atom. The SMILES string of the molecule is CCCC/C=C/C/C=C/CCCCCCCC(=O)O[C@H](COC(=O)CCCCCCCCCCCCCCCCCC)COP(=O)(O)OCC[N+](C)(C)C. The Balaban J connectivity index is 4.35. The van der Waals surface area contributed by atoms with E-state index in [0.717, 1.165) is 64.2 Å². The first-order chi connectivity index (χ1) is 26.0. The van der Waals surface area contributed by atoms with Crippen LogP contribution in [0.25, 0.3) is 0 Å². The van der Waals surface area contributed by atoms with E-state index in [9.17, 15) is 19.0 Å². The van der Waals surface area contributed by atoms with E-state index in [1.807, 2.05) is 21.1 Å². The first-order valence-corrected chi connectivity index (χ1v) is 23.6. The minimum Gasteiger partial charge on any atom is -0.462 e. The highest BCUT2D eigenvalue weighted by molar-refractivity contribution is 7.47. The molecule has 10 heteroatoms. The summed E-state index contributed by atoms with van der Waals surface area (Å²) in [5, 5.41) is 0. The van der Waals surface area contributed by atoms with Crippen LogP contribution in [0.4, 0.5) is 0 Å². The largest absolute Gasteiger partial charge is 0.472 e. The smallest absolute Gasteiger partial charge is 0.462 e. The molecule has 2 atom stereocenters. The van der Waals surface area contributed by atoms with Crippen molar-refractivity contribution in [3.63, 3.8) is 0 Å². The van der Waals surface area contributed by atoms with Gasteiger partial charge in [0.05, 0.1) is 27.7 Å². The summed E-state index contributed by atoms with van der Waals surface area (Å²) in [7, 11) is 1.47. The van der Waals surface area contributed by atoms with Crippen LogP contribution >= 0.6 is 7.82 Å². The molecule has 0 aliphatic carbocycles. The molecular formula is C44H85NO8P+. The van der Waals surface area contributed by atoms with Gasteiger partial charge in [0.1, 0.15) is 19.8 Å². The van der Waals surface area contributed by atoms with E-state index in [2.05, 4.69) is 38.2 Å². The molecule has 318 valence electrons. The number of esters is 2. The van der Waals surface area contributed by atoms with Crippen molar-refractivity contribution in [1.82, 2.24) is 0 Å². The van der Waals surface area contributed by atoms with Crippen LogP contribution in [0, 0.1) is 0 Å². The van der Waals surface area contributed by atoms with Gasteiger partial charge in [-0.1, -0.05) is 167 Å². The third kappa shape index (κ3) is 40.2. The van der Waals surface area contributed by atoms with Crippen LogP contribution in [0.3, 0.4) is 0 Å². The van der Waals surface area contributed by atoms with E-state index in [-0.39, 0.29) is 25.6 Å². The van der Waals surface area contributed by atoms with Crippen LogP contribution in [0.15, 0.2) is 24.3 Å². The average Bonchev–Trinajstić information content (AvgIpc) is 3.12. The second-order valence-electron chi connectivity index (χ2n) is 16.1. The molecule has 0 radical (unpaired) electrons. The summed E-state index contributed by atoms with van der Waals surface area (Å²) in [6.45, 7) is 4.38. The molecule has 0 aromatic rings. The maximum absolute atomic E-state index is 12.7. The van der Waals surface area contributed by atoms with Crippen molar-refractivity contribution >= 4 is 19.8 Å². The molecule has 0 aromatic heterocycles. The number of hydrogen-bond acceptors (Lipinski definition) is 7. The Bertz CT molecular complexity index is 980. The minimum absolute atomic E-state index is 0.0305. The highest BCUT2D eigenvalue weighted by Crippen LogP contribution is 2.43. The number of rotatable bonds is 40. The van der Waals surface area contributed by atoms with Gasteiger partial charge in [-0.2, -0.15) is 0 Å². The van der Waals surface area contributed by atoms with Crippen molar-refractivity contribution in [2.45, 2.75) is 200 Å². The number of phosphoric ester groups is 1. The van der Waals surface area contributed by atoms with Gasteiger partial charge in [0.2, 0.25) is 0 Å². The predicted molar refractivity (Wildman–Crippen MR) is 224 cm³/mol. The van der Waals surface area contributed by atoms with Crippen molar-refractivity contribution in [2.75, 3.05) is 47.5 Å². The van der Waals surface area contributed by atoms with E-state index < -0.39 is 26.5 Å². The molecule has 0 saturated heterocycles. The van der Waals surface area contributed by atoms with Gasteiger partial charge < -0.3 is 18.9 Å². The van der Waals surface area contributed by atoms with Gasteiger partial charge in [0, 0.05) is 12.8 Å².